The first-order valence-corrected chi connectivity index (χ1v) is 9.65. The first-order valence-electron chi connectivity index (χ1n) is 9.65. The van der Waals surface area contributed by atoms with Gasteiger partial charge in [0, 0.05) is 45.0 Å². The molecule has 0 aliphatic rings. The highest BCUT2D eigenvalue weighted by Crippen LogP contribution is 2.22. The number of nitrogens with zero attached hydrogens (tertiary/aromatic N) is 3. The van der Waals surface area contributed by atoms with Crippen LogP contribution < -0.4 is 20.3 Å². The Morgan fingerprint density at radius 2 is 1.86 bits per heavy atom. The van der Waals surface area contributed by atoms with E-state index in [1.165, 1.54) is 0 Å². The number of aryl methyl sites for hydroxylation is 1. The Morgan fingerprint density at radius 3 is 2.45 bits per heavy atom. The van der Waals surface area contributed by atoms with E-state index in [4.69, 9.17) is 0 Å². The van der Waals surface area contributed by atoms with E-state index in [-0.39, 0.29) is 5.75 Å². The quantitative estimate of drug-likeness (QED) is 0.492. The summed E-state index contributed by atoms with van der Waals surface area (Å²) in [5, 5.41) is 6.33. The van der Waals surface area contributed by atoms with Crippen molar-refractivity contribution in [3.8, 4) is 5.75 Å². The minimum Gasteiger partial charge on any atom is -0.434 e. The molecule has 1 aromatic carbocycles. The Balaban J connectivity index is 1.94. The lowest BCUT2D eigenvalue weighted by molar-refractivity contribution is -0.0504. The molecule has 0 spiro atoms. The number of benzene rings is 1. The van der Waals surface area contributed by atoms with Gasteiger partial charge < -0.3 is 20.3 Å². The molecule has 29 heavy (non-hydrogen) atoms. The minimum absolute atomic E-state index is 0.157. The van der Waals surface area contributed by atoms with Gasteiger partial charge in [-0.15, -0.1) is 0 Å². The van der Waals surface area contributed by atoms with Gasteiger partial charge in [-0.05, 0) is 38.5 Å². The highest BCUT2D eigenvalue weighted by Gasteiger charge is 2.11. The maximum Gasteiger partial charge on any atom is 0.387 e. The second kappa shape index (κ2) is 11.2. The van der Waals surface area contributed by atoms with Crippen molar-refractivity contribution in [1.29, 1.82) is 0 Å². The number of nitrogens with one attached hydrogen (secondary N) is 2. The molecular weight excluding hydrogens is 376 g/mol. The van der Waals surface area contributed by atoms with E-state index in [0.717, 1.165) is 30.0 Å². The van der Waals surface area contributed by atoms with Gasteiger partial charge >= 0.3 is 6.61 Å². The fourth-order valence-electron chi connectivity index (χ4n) is 2.90. The Kier molecular flexibility index (Phi) is 8.64. The molecule has 0 unspecified atom stereocenters. The lowest BCUT2D eigenvalue weighted by Gasteiger charge is -2.20. The third kappa shape index (κ3) is 6.89. The number of hydrogen-bond acceptors (Lipinski definition) is 4. The third-order valence-corrected chi connectivity index (χ3v) is 4.46. The first kappa shape index (κ1) is 22.4. The van der Waals surface area contributed by atoms with Crippen molar-refractivity contribution < 1.29 is 13.5 Å². The first-order chi connectivity index (χ1) is 14.0. The molecule has 0 bridgehead atoms. The summed E-state index contributed by atoms with van der Waals surface area (Å²) in [6, 6.07) is 9.13. The predicted octanol–water partition coefficient (Wildman–Crippen LogP) is 3.70. The van der Waals surface area contributed by atoms with Gasteiger partial charge in [0.05, 0.1) is 0 Å². The Hall–Kier alpha value is -2.90. The standard InChI is InChI=1S/C21H29F2N5O/c1-5-28(6-2)19-10-8-16(12-25-19)13-26-21(24-4)27-14-17-11-15(3)7-9-18(17)29-20(22)23/h7-12,20H,5-6,13-14H2,1-4H3,(H2,24,26,27). The molecule has 0 aliphatic heterocycles. The van der Waals surface area contributed by atoms with Crippen molar-refractivity contribution in [3.63, 3.8) is 0 Å². The van der Waals surface area contributed by atoms with Gasteiger partial charge in [0.2, 0.25) is 0 Å². The number of ether oxygens (including phenoxy) is 1. The molecule has 158 valence electrons. The van der Waals surface area contributed by atoms with Crippen LogP contribution in [0.4, 0.5) is 14.6 Å². The molecule has 6 nitrogen and oxygen atoms in total. The van der Waals surface area contributed by atoms with Gasteiger partial charge in [0.15, 0.2) is 5.96 Å². The average molecular weight is 405 g/mol. The van der Waals surface area contributed by atoms with E-state index in [2.05, 4.69) is 44.1 Å². The topological polar surface area (TPSA) is 61.8 Å². The highest BCUT2D eigenvalue weighted by atomic mass is 19.3. The van der Waals surface area contributed by atoms with Crippen LogP contribution >= 0.6 is 0 Å². The van der Waals surface area contributed by atoms with E-state index >= 15 is 0 Å². The Labute approximate surface area is 171 Å². The van der Waals surface area contributed by atoms with Crippen LogP contribution in [0, 0.1) is 6.92 Å². The summed E-state index contributed by atoms with van der Waals surface area (Å²) < 4.78 is 29.8. The van der Waals surface area contributed by atoms with Gasteiger partial charge in [-0.3, -0.25) is 4.99 Å². The van der Waals surface area contributed by atoms with Crippen molar-refractivity contribution in [3.05, 3.63) is 53.2 Å². The molecule has 2 N–H and O–H groups in total. The molecule has 1 heterocycles. The number of anilines is 1. The smallest absolute Gasteiger partial charge is 0.387 e. The molecule has 0 amide bonds. The van der Waals surface area contributed by atoms with E-state index < -0.39 is 6.61 Å². The van der Waals surface area contributed by atoms with Gasteiger partial charge in [-0.2, -0.15) is 8.78 Å². The van der Waals surface area contributed by atoms with Crippen LogP contribution in [0.15, 0.2) is 41.5 Å². The van der Waals surface area contributed by atoms with Crippen molar-refractivity contribution in [2.75, 3.05) is 25.0 Å². The number of aliphatic imine (C=N–C) groups is 1. The van der Waals surface area contributed by atoms with Crippen LogP contribution in [0.25, 0.3) is 0 Å². The zero-order valence-corrected chi connectivity index (χ0v) is 17.4. The number of pyridine rings is 1. The number of alkyl halides is 2. The summed E-state index contributed by atoms with van der Waals surface area (Å²) in [7, 11) is 1.66. The number of halogens is 2. The molecular formula is C21H29F2N5O. The molecule has 0 aliphatic carbocycles. The Morgan fingerprint density at radius 1 is 1.14 bits per heavy atom. The number of hydrogen-bond donors (Lipinski definition) is 2. The van der Waals surface area contributed by atoms with Gasteiger partial charge in [0.1, 0.15) is 11.6 Å². The van der Waals surface area contributed by atoms with Gasteiger partial charge in [-0.25, -0.2) is 4.98 Å². The lowest BCUT2D eigenvalue weighted by atomic mass is 10.1. The van der Waals surface area contributed by atoms with E-state index in [0.29, 0.717) is 24.6 Å². The highest BCUT2D eigenvalue weighted by molar-refractivity contribution is 5.79. The second-order valence-corrected chi connectivity index (χ2v) is 6.47. The summed E-state index contributed by atoms with van der Waals surface area (Å²) in [5.74, 6) is 1.67. The van der Waals surface area contributed by atoms with Gasteiger partial charge in [0.25, 0.3) is 0 Å². The van der Waals surface area contributed by atoms with Crippen LogP contribution in [0.1, 0.15) is 30.5 Å². The van der Waals surface area contributed by atoms with Crippen LogP contribution in [0.3, 0.4) is 0 Å². The summed E-state index contributed by atoms with van der Waals surface area (Å²) >= 11 is 0. The maximum atomic E-state index is 12.6. The number of rotatable bonds is 9. The van der Waals surface area contributed by atoms with Crippen LogP contribution in [-0.2, 0) is 13.1 Å². The number of aromatic nitrogens is 1. The molecule has 2 aromatic rings. The van der Waals surface area contributed by atoms with Crippen molar-refractivity contribution in [2.24, 2.45) is 4.99 Å². The zero-order valence-electron chi connectivity index (χ0n) is 17.4. The summed E-state index contributed by atoms with van der Waals surface area (Å²) in [4.78, 5) is 10.9. The second-order valence-electron chi connectivity index (χ2n) is 6.47. The van der Waals surface area contributed by atoms with Crippen molar-refractivity contribution in [2.45, 2.75) is 40.5 Å². The maximum absolute atomic E-state index is 12.6. The fourth-order valence-corrected chi connectivity index (χ4v) is 2.90. The third-order valence-electron chi connectivity index (χ3n) is 4.46. The van der Waals surface area contributed by atoms with Crippen LogP contribution in [0.2, 0.25) is 0 Å². The van der Waals surface area contributed by atoms with Crippen LogP contribution in [-0.4, -0.2) is 37.7 Å². The number of guanidine groups is 1. The lowest BCUT2D eigenvalue weighted by Crippen LogP contribution is -2.36. The SMILES string of the molecule is CCN(CC)c1ccc(CNC(=NC)NCc2cc(C)ccc2OC(F)F)cn1. The van der Waals surface area contributed by atoms with Crippen molar-refractivity contribution >= 4 is 11.8 Å². The van der Waals surface area contributed by atoms with E-state index in [1.54, 1.807) is 19.2 Å². The van der Waals surface area contributed by atoms with E-state index in [9.17, 15) is 8.78 Å². The normalized spacial score (nSPS) is 11.5. The minimum atomic E-state index is -2.86. The molecule has 0 fully saturated rings. The Bertz CT molecular complexity index is 792. The zero-order chi connectivity index (χ0) is 21.2. The molecule has 2 rings (SSSR count). The molecule has 0 atom stereocenters. The summed E-state index contributed by atoms with van der Waals surface area (Å²) in [6.07, 6.45) is 1.84. The van der Waals surface area contributed by atoms with E-state index in [1.807, 2.05) is 31.3 Å². The fraction of sp³-hybridized carbons (Fsp3) is 0.429. The largest absolute Gasteiger partial charge is 0.434 e. The molecule has 1 aromatic heterocycles. The van der Waals surface area contributed by atoms with Crippen LogP contribution in [0.5, 0.6) is 5.75 Å². The van der Waals surface area contributed by atoms with Gasteiger partial charge in [-0.1, -0.05) is 23.8 Å². The molecule has 8 heteroatoms. The summed E-state index contributed by atoms with van der Waals surface area (Å²) in [5.41, 5.74) is 2.62. The monoisotopic (exact) mass is 405 g/mol. The molecule has 0 saturated heterocycles. The van der Waals surface area contributed by atoms with Crippen molar-refractivity contribution in [1.82, 2.24) is 15.6 Å². The summed E-state index contributed by atoms with van der Waals surface area (Å²) in [6.45, 7) is 5.91. The molecule has 0 radical (unpaired) electrons. The average Bonchev–Trinajstić information content (AvgIpc) is 2.71. The molecule has 0 saturated carbocycles. The predicted molar refractivity (Wildman–Crippen MR) is 113 cm³/mol.